The Labute approximate surface area is 171 Å². The van der Waals surface area contributed by atoms with Gasteiger partial charge in [0.1, 0.15) is 5.69 Å². The lowest BCUT2D eigenvalue weighted by Crippen LogP contribution is -2.25. The summed E-state index contributed by atoms with van der Waals surface area (Å²) >= 11 is 0. The molecule has 3 N–H and O–H groups in total. The summed E-state index contributed by atoms with van der Waals surface area (Å²) in [6.07, 6.45) is 4.55. The Bertz CT molecular complexity index is 1250. The fourth-order valence-electron chi connectivity index (χ4n) is 2.66. The predicted octanol–water partition coefficient (Wildman–Crippen LogP) is 3.20. The second-order valence-corrected chi connectivity index (χ2v) is 6.60. The Kier molecular flexibility index (Phi) is 6.02. The van der Waals surface area contributed by atoms with Gasteiger partial charge in [0.2, 0.25) is 0 Å². The van der Waals surface area contributed by atoms with Gasteiger partial charge in [-0.15, -0.1) is 0 Å². The highest BCUT2D eigenvalue weighted by atomic mass is 16.6. The number of anilines is 1. The summed E-state index contributed by atoms with van der Waals surface area (Å²) in [4.78, 5) is 37.3. The van der Waals surface area contributed by atoms with Crippen LogP contribution < -0.4 is 16.7 Å². The lowest BCUT2D eigenvalue weighted by Gasteiger charge is -2.04. The van der Waals surface area contributed by atoms with Crippen molar-refractivity contribution in [1.82, 2.24) is 9.97 Å². The summed E-state index contributed by atoms with van der Waals surface area (Å²) in [7, 11) is 0. The molecule has 0 amide bonds. The van der Waals surface area contributed by atoms with E-state index in [0.29, 0.717) is 0 Å². The van der Waals surface area contributed by atoms with Crippen LogP contribution in [0, 0.1) is 24.0 Å². The minimum absolute atomic E-state index is 0.169. The predicted molar refractivity (Wildman–Crippen MR) is 117 cm³/mol. The van der Waals surface area contributed by atoms with E-state index in [1.165, 1.54) is 17.2 Å². The highest BCUT2D eigenvalue weighted by Gasteiger charge is 2.18. The molecule has 9 nitrogen and oxygen atoms in total. The molecular formula is C21H19N5O4. The first-order valence-electron chi connectivity index (χ1n) is 8.99. The standard InChI is InChI=1S/C21H19N5O4/c1-13-3-9-17(11-14(13)2)25-22-12-16-6-4-15(5-7-16)8-10-18-19(26(29)30)20(27)24-21(28)23-18/h3-12,25H,1-2H3,(H2,23,24,27,28)/b10-8+,22-12-. The molecule has 0 unspecified atom stereocenters. The number of nitrogens with zero attached hydrogens (tertiary/aromatic N) is 2. The van der Waals surface area contributed by atoms with Gasteiger partial charge in [-0.2, -0.15) is 5.10 Å². The summed E-state index contributed by atoms with van der Waals surface area (Å²) in [5.41, 5.74) is 5.08. The van der Waals surface area contributed by atoms with Crippen molar-refractivity contribution in [3.8, 4) is 0 Å². The molecule has 30 heavy (non-hydrogen) atoms. The number of nitrogens with one attached hydrogen (secondary N) is 3. The second kappa shape index (κ2) is 8.82. The van der Waals surface area contributed by atoms with Crippen LogP contribution in [0.1, 0.15) is 27.9 Å². The summed E-state index contributed by atoms with van der Waals surface area (Å²) in [6, 6.07) is 13.2. The van der Waals surface area contributed by atoms with Crippen molar-refractivity contribution in [2.45, 2.75) is 13.8 Å². The van der Waals surface area contributed by atoms with Gasteiger partial charge in [0.15, 0.2) is 0 Å². The molecule has 152 valence electrons. The SMILES string of the molecule is Cc1ccc(N/N=C\c2ccc(/C=C/c3[nH]c(=O)[nH]c(=O)c3[N+](=O)[O-])cc2)cc1C. The van der Waals surface area contributed by atoms with E-state index in [9.17, 15) is 19.7 Å². The number of nitro groups is 1. The molecule has 3 aromatic rings. The van der Waals surface area contributed by atoms with E-state index in [1.807, 2.05) is 49.2 Å². The van der Waals surface area contributed by atoms with Gasteiger partial charge >= 0.3 is 16.9 Å². The van der Waals surface area contributed by atoms with E-state index in [0.717, 1.165) is 16.8 Å². The zero-order valence-corrected chi connectivity index (χ0v) is 16.3. The van der Waals surface area contributed by atoms with Crippen LogP contribution in [0.3, 0.4) is 0 Å². The number of hydrazone groups is 1. The minimum atomic E-state index is -1.05. The molecule has 0 aliphatic heterocycles. The molecule has 0 radical (unpaired) electrons. The number of aryl methyl sites for hydroxylation is 2. The molecule has 0 saturated heterocycles. The zero-order valence-electron chi connectivity index (χ0n) is 16.3. The first kappa shape index (κ1) is 20.5. The average molecular weight is 405 g/mol. The van der Waals surface area contributed by atoms with Crippen molar-refractivity contribution in [1.29, 1.82) is 0 Å². The smallest absolute Gasteiger partial charge is 0.301 e. The van der Waals surface area contributed by atoms with Crippen molar-refractivity contribution in [3.63, 3.8) is 0 Å². The number of aromatic amines is 2. The molecule has 9 heteroatoms. The number of hydrogen-bond donors (Lipinski definition) is 3. The molecule has 0 saturated carbocycles. The van der Waals surface area contributed by atoms with Crippen LogP contribution in [-0.4, -0.2) is 21.1 Å². The van der Waals surface area contributed by atoms with Gasteiger partial charge in [-0.3, -0.25) is 25.3 Å². The minimum Gasteiger partial charge on any atom is -0.301 e. The van der Waals surface area contributed by atoms with Gasteiger partial charge in [0.05, 0.1) is 16.8 Å². The highest BCUT2D eigenvalue weighted by Crippen LogP contribution is 2.15. The van der Waals surface area contributed by atoms with E-state index in [2.05, 4.69) is 15.5 Å². The molecule has 0 spiro atoms. The van der Waals surface area contributed by atoms with Crippen molar-refractivity contribution in [2.75, 3.05) is 5.43 Å². The molecule has 0 aliphatic rings. The Balaban J connectivity index is 1.72. The summed E-state index contributed by atoms with van der Waals surface area (Å²) in [5.74, 6) is 0. The molecule has 0 bridgehead atoms. The van der Waals surface area contributed by atoms with Crippen LogP contribution in [0.4, 0.5) is 11.4 Å². The van der Waals surface area contributed by atoms with Gasteiger partial charge in [0, 0.05) is 0 Å². The highest BCUT2D eigenvalue weighted by molar-refractivity contribution is 5.81. The Morgan fingerprint density at radius 2 is 1.67 bits per heavy atom. The van der Waals surface area contributed by atoms with Gasteiger partial charge in [-0.1, -0.05) is 36.4 Å². The third kappa shape index (κ3) is 4.96. The lowest BCUT2D eigenvalue weighted by molar-refractivity contribution is -0.386. The first-order chi connectivity index (χ1) is 14.3. The molecule has 0 atom stereocenters. The Morgan fingerprint density at radius 3 is 2.33 bits per heavy atom. The van der Waals surface area contributed by atoms with Crippen LogP contribution in [0.25, 0.3) is 12.2 Å². The van der Waals surface area contributed by atoms with Gasteiger partial charge in [-0.25, -0.2) is 4.79 Å². The van der Waals surface area contributed by atoms with E-state index in [-0.39, 0.29) is 5.69 Å². The average Bonchev–Trinajstić information content (AvgIpc) is 2.69. The number of hydrogen-bond acceptors (Lipinski definition) is 6. The third-order valence-corrected chi connectivity index (χ3v) is 4.42. The normalized spacial score (nSPS) is 11.3. The van der Waals surface area contributed by atoms with Crippen LogP contribution in [0.2, 0.25) is 0 Å². The van der Waals surface area contributed by atoms with Gasteiger partial charge < -0.3 is 4.98 Å². The maximum atomic E-state index is 11.6. The number of aromatic nitrogens is 2. The van der Waals surface area contributed by atoms with Crippen molar-refractivity contribution < 1.29 is 4.92 Å². The second-order valence-electron chi connectivity index (χ2n) is 6.60. The zero-order chi connectivity index (χ0) is 21.7. The lowest BCUT2D eigenvalue weighted by atomic mass is 10.1. The molecular weight excluding hydrogens is 386 g/mol. The molecule has 0 fully saturated rings. The summed E-state index contributed by atoms with van der Waals surface area (Å²) in [5, 5.41) is 15.3. The third-order valence-electron chi connectivity index (χ3n) is 4.42. The molecule has 1 heterocycles. The van der Waals surface area contributed by atoms with Crippen molar-refractivity contribution >= 4 is 29.7 Å². The fraction of sp³-hybridized carbons (Fsp3) is 0.0952. The fourth-order valence-corrected chi connectivity index (χ4v) is 2.66. The van der Waals surface area contributed by atoms with Crippen LogP contribution in [-0.2, 0) is 0 Å². The van der Waals surface area contributed by atoms with Crippen LogP contribution in [0.5, 0.6) is 0 Å². The number of H-pyrrole nitrogens is 2. The van der Waals surface area contributed by atoms with E-state index in [1.54, 1.807) is 24.4 Å². The van der Waals surface area contributed by atoms with E-state index in [4.69, 9.17) is 0 Å². The van der Waals surface area contributed by atoms with Crippen LogP contribution in [0.15, 0.2) is 57.2 Å². The quantitative estimate of drug-likeness (QED) is 0.329. The van der Waals surface area contributed by atoms with E-state index < -0.39 is 21.9 Å². The first-order valence-corrected chi connectivity index (χ1v) is 8.99. The monoisotopic (exact) mass is 405 g/mol. The van der Waals surface area contributed by atoms with Gasteiger partial charge in [-0.05, 0) is 54.3 Å². The van der Waals surface area contributed by atoms with Crippen molar-refractivity contribution in [3.05, 3.63) is 101 Å². The topological polar surface area (TPSA) is 133 Å². The number of benzene rings is 2. The Hall–Kier alpha value is -4.27. The van der Waals surface area contributed by atoms with Gasteiger partial charge in [0.25, 0.3) is 0 Å². The molecule has 1 aromatic heterocycles. The molecule has 0 aliphatic carbocycles. The molecule has 2 aromatic carbocycles. The maximum absolute atomic E-state index is 11.6. The summed E-state index contributed by atoms with van der Waals surface area (Å²) in [6.45, 7) is 4.08. The largest absolute Gasteiger partial charge is 0.357 e. The maximum Gasteiger partial charge on any atom is 0.357 e. The van der Waals surface area contributed by atoms with Crippen LogP contribution >= 0.6 is 0 Å². The summed E-state index contributed by atoms with van der Waals surface area (Å²) < 4.78 is 0. The van der Waals surface area contributed by atoms with Crippen molar-refractivity contribution in [2.24, 2.45) is 5.10 Å². The molecule has 3 rings (SSSR count). The Morgan fingerprint density at radius 1 is 0.967 bits per heavy atom. The van der Waals surface area contributed by atoms with E-state index >= 15 is 0 Å². The number of rotatable bonds is 6.